The van der Waals surface area contributed by atoms with Gasteiger partial charge in [0.05, 0.1) is 11.1 Å². The average molecular weight is 330 g/mol. The minimum Gasteiger partial charge on any atom is -0.454 e. The van der Waals surface area contributed by atoms with Crippen molar-refractivity contribution in [2.75, 3.05) is 19.7 Å². The fraction of sp³-hybridized carbons (Fsp3) is 0.412. The summed E-state index contributed by atoms with van der Waals surface area (Å²) in [7, 11) is 0. The van der Waals surface area contributed by atoms with Crippen LogP contribution in [0, 0.1) is 0 Å². The number of ether oxygens (including phenoxy) is 1. The highest BCUT2D eigenvalue weighted by atomic mass is 16.5. The van der Waals surface area contributed by atoms with Gasteiger partial charge < -0.3 is 9.64 Å². The third kappa shape index (κ3) is 2.77. The number of benzene rings is 1. The van der Waals surface area contributed by atoms with Crippen LogP contribution in [0.1, 0.15) is 40.5 Å². The Balaban J connectivity index is 1.63. The second kappa shape index (κ2) is 6.43. The summed E-state index contributed by atoms with van der Waals surface area (Å²) in [6, 6.07) is 5.33. The number of fused-ring (bicyclic) bond motifs is 1. The van der Waals surface area contributed by atoms with Gasteiger partial charge in [-0.15, -0.1) is 0 Å². The molecule has 1 aromatic carbocycles. The molecule has 2 heterocycles. The van der Waals surface area contributed by atoms with E-state index in [1.165, 1.54) is 6.92 Å². The highest BCUT2D eigenvalue weighted by Crippen LogP contribution is 2.24. The number of esters is 1. The molecule has 0 aromatic heterocycles. The van der Waals surface area contributed by atoms with Crippen molar-refractivity contribution >= 4 is 23.7 Å². The molecule has 2 aliphatic rings. The molecule has 0 bridgehead atoms. The fourth-order valence-electron chi connectivity index (χ4n) is 2.98. The first-order valence-electron chi connectivity index (χ1n) is 7.92. The Bertz CT molecular complexity index is 674. The SMILES string of the molecule is C[C@H](C(=O)OCC(=O)N1CCCC1)N1C(=O)c2ccccc2C1=O. The summed E-state index contributed by atoms with van der Waals surface area (Å²) in [5.41, 5.74) is 0.547. The van der Waals surface area contributed by atoms with E-state index in [0.29, 0.717) is 13.1 Å². The normalized spacial score (nSPS) is 17.9. The first-order chi connectivity index (χ1) is 11.5. The largest absolute Gasteiger partial charge is 0.454 e. The van der Waals surface area contributed by atoms with Crippen molar-refractivity contribution in [1.29, 1.82) is 0 Å². The lowest BCUT2D eigenvalue weighted by molar-refractivity contribution is -0.154. The molecule has 1 fully saturated rings. The lowest BCUT2D eigenvalue weighted by atomic mass is 10.1. The van der Waals surface area contributed by atoms with Crippen LogP contribution in [0.15, 0.2) is 24.3 Å². The lowest BCUT2D eigenvalue weighted by Crippen LogP contribution is -2.44. The maximum Gasteiger partial charge on any atom is 0.329 e. The quantitative estimate of drug-likeness (QED) is 0.603. The molecule has 7 heteroatoms. The Morgan fingerprint density at radius 2 is 1.62 bits per heavy atom. The van der Waals surface area contributed by atoms with Crippen LogP contribution in [0.4, 0.5) is 0 Å². The zero-order valence-electron chi connectivity index (χ0n) is 13.4. The smallest absolute Gasteiger partial charge is 0.329 e. The van der Waals surface area contributed by atoms with Gasteiger partial charge in [-0.25, -0.2) is 4.79 Å². The number of nitrogens with zero attached hydrogens (tertiary/aromatic N) is 2. The molecule has 0 N–H and O–H groups in total. The van der Waals surface area contributed by atoms with Gasteiger partial charge in [0.1, 0.15) is 6.04 Å². The van der Waals surface area contributed by atoms with E-state index in [0.717, 1.165) is 17.7 Å². The molecule has 1 saturated heterocycles. The Kier molecular flexibility index (Phi) is 4.33. The van der Waals surface area contributed by atoms with Crippen molar-refractivity contribution in [1.82, 2.24) is 9.80 Å². The second-order valence-electron chi connectivity index (χ2n) is 5.90. The molecule has 3 amide bonds. The molecule has 0 saturated carbocycles. The van der Waals surface area contributed by atoms with E-state index in [-0.39, 0.29) is 23.6 Å². The molecule has 0 unspecified atom stereocenters. The molecule has 0 radical (unpaired) electrons. The van der Waals surface area contributed by atoms with Crippen molar-refractivity contribution in [3.8, 4) is 0 Å². The van der Waals surface area contributed by atoms with Crippen molar-refractivity contribution < 1.29 is 23.9 Å². The standard InChI is InChI=1S/C17H18N2O5/c1-11(17(23)24-10-14(20)18-8-4-5-9-18)19-15(21)12-6-2-3-7-13(12)16(19)22/h2-3,6-7,11H,4-5,8-10H2,1H3/t11-/m1/s1. The maximum atomic E-state index is 12.3. The number of carbonyl (C=O) groups is 4. The topological polar surface area (TPSA) is 84.0 Å². The van der Waals surface area contributed by atoms with Gasteiger partial charge in [-0.2, -0.15) is 0 Å². The summed E-state index contributed by atoms with van der Waals surface area (Å²) in [6.45, 7) is 2.39. The molecule has 126 valence electrons. The minimum absolute atomic E-state index is 0.254. The third-order valence-corrected chi connectivity index (χ3v) is 4.35. The molecular weight excluding hydrogens is 312 g/mol. The van der Waals surface area contributed by atoms with Gasteiger partial charge in [0, 0.05) is 13.1 Å². The van der Waals surface area contributed by atoms with Crippen LogP contribution in [0.25, 0.3) is 0 Å². The molecule has 0 aliphatic carbocycles. The predicted octanol–water partition coefficient (Wildman–Crippen LogP) is 0.837. The van der Waals surface area contributed by atoms with Gasteiger partial charge >= 0.3 is 5.97 Å². The highest BCUT2D eigenvalue weighted by molar-refractivity contribution is 6.22. The lowest BCUT2D eigenvalue weighted by Gasteiger charge is -2.21. The number of rotatable bonds is 4. The van der Waals surface area contributed by atoms with Crippen LogP contribution in [0.2, 0.25) is 0 Å². The van der Waals surface area contributed by atoms with Crippen LogP contribution in [0.3, 0.4) is 0 Å². The van der Waals surface area contributed by atoms with E-state index in [1.54, 1.807) is 29.2 Å². The number of likely N-dealkylation sites (tertiary alicyclic amines) is 1. The van der Waals surface area contributed by atoms with Crippen LogP contribution in [-0.2, 0) is 14.3 Å². The van der Waals surface area contributed by atoms with E-state index >= 15 is 0 Å². The summed E-state index contributed by atoms with van der Waals surface area (Å²) < 4.78 is 5.01. The van der Waals surface area contributed by atoms with Gasteiger partial charge in [-0.05, 0) is 31.9 Å². The number of hydrogen-bond acceptors (Lipinski definition) is 5. The van der Waals surface area contributed by atoms with Gasteiger partial charge in [-0.3, -0.25) is 19.3 Å². The van der Waals surface area contributed by atoms with E-state index in [1.807, 2.05) is 0 Å². The van der Waals surface area contributed by atoms with E-state index < -0.39 is 23.8 Å². The number of hydrogen-bond donors (Lipinski definition) is 0. The van der Waals surface area contributed by atoms with Crippen LogP contribution >= 0.6 is 0 Å². The molecule has 0 spiro atoms. The number of carbonyl (C=O) groups excluding carboxylic acids is 4. The first kappa shape index (κ1) is 16.2. The van der Waals surface area contributed by atoms with Crippen molar-refractivity contribution in [3.05, 3.63) is 35.4 Å². The monoisotopic (exact) mass is 330 g/mol. The van der Waals surface area contributed by atoms with E-state index in [9.17, 15) is 19.2 Å². The Labute approximate surface area is 139 Å². The average Bonchev–Trinajstić information content (AvgIpc) is 3.20. The Morgan fingerprint density at radius 1 is 1.08 bits per heavy atom. The van der Waals surface area contributed by atoms with Gasteiger partial charge in [0.2, 0.25) is 0 Å². The molecular formula is C17H18N2O5. The molecule has 3 rings (SSSR count). The number of imide groups is 1. The van der Waals surface area contributed by atoms with Gasteiger partial charge in [0.15, 0.2) is 6.61 Å². The van der Waals surface area contributed by atoms with Gasteiger partial charge in [-0.1, -0.05) is 12.1 Å². The Hall–Kier alpha value is -2.70. The van der Waals surface area contributed by atoms with Crippen molar-refractivity contribution in [2.24, 2.45) is 0 Å². The molecule has 1 atom stereocenters. The zero-order chi connectivity index (χ0) is 17.3. The number of amides is 3. The third-order valence-electron chi connectivity index (χ3n) is 4.35. The first-order valence-corrected chi connectivity index (χ1v) is 7.92. The molecule has 1 aromatic rings. The zero-order valence-corrected chi connectivity index (χ0v) is 13.4. The van der Waals surface area contributed by atoms with Crippen molar-refractivity contribution in [3.63, 3.8) is 0 Å². The van der Waals surface area contributed by atoms with E-state index in [4.69, 9.17) is 4.74 Å². The summed E-state index contributed by atoms with van der Waals surface area (Å²) in [5, 5.41) is 0. The van der Waals surface area contributed by atoms with Crippen molar-refractivity contribution in [2.45, 2.75) is 25.8 Å². The summed E-state index contributed by atoms with van der Waals surface area (Å²) >= 11 is 0. The maximum absolute atomic E-state index is 12.3. The predicted molar refractivity (Wildman–Crippen MR) is 83.2 cm³/mol. The molecule has 2 aliphatic heterocycles. The summed E-state index contributed by atoms with van der Waals surface area (Å²) in [5.74, 6) is -2.07. The van der Waals surface area contributed by atoms with E-state index in [2.05, 4.69) is 0 Å². The van der Waals surface area contributed by atoms with Crippen LogP contribution in [-0.4, -0.2) is 59.2 Å². The fourth-order valence-corrected chi connectivity index (χ4v) is 2.98. The van der Waals surface area contributed by atoms with Crippen LogP contribution in [0.5, 0.6) is 0 Å². The second-order valence-corrected chi connectivity index (χ2v) is 5.90. The molecule has 24 heavy (non-hydrogen) atoms. The summed E-state index contributed by atoms with van der Waals surface area (Å²) in [6.07, 6.45) is 1.90. The Morgan fingerprint density at radius 3 is 2.17 bits per heavy atom. The highest BCUT2D eigenvalue weighted by Gasteiger charge is 2.41. The summed E-state index contributed by atoms with van der Waals surface area (Å²) in [4.78, 5) is 51.2. The van der Waals surface area contributed by atoms with Gasteiger partial charge in [0.25, 0.3) is 17.7 Å². The van der Waals surface area contributed by atoms with Crippen LogP contribution < -0.4 is 0 Å². The molecule has 7 nitrogen and oxygen atoms in total. The minimum atomic E-state index is -1.08.